The highest BCUT2D eigenvalue weighted by Gasteiger charge is 2.34. The van der Waals surface area contributed by atoms with E-state index >= 15 is 0 Å². The van der Waals surface area contributed by atoms with Crippen molar-refractivity contribution in [2.45, 2.75) is 52.6 Å². The Morgan fingerprint density at radius 1 is 1.19 bits per heavy atom. The van der Waals surface area contributed by atoms with Crippen molar-refractivity contribution in [1.82, 2.24) is 9.88 Å². The predicted octanol–water partition coefficient (Wildman–Crippen LogP) is 4.37. The van der Waals surface area contributed by atoms with E-state index in [9.17, 15) is 9.59 Å². The Hall–Kier alpha value is -2.01. The Morgan fingerprint density at radius 2 is 1.89 bits per heavy atom. The molecule has 6 heteroatoms. The van der Waals surface area contributed by atoms with Crippen LogP contribution in [0.3, 0.4) is 0 Å². The number of rotatable bonds is 8. The molecule has 0 radical (unpaired) electrons. The molecule has 2 aromatic rings. The molecule has 1 unspecified atom stereocenters. The molecule has 0 aliphatic rings. The van der Waals surface area contributed by atoms with Gasteiger partial charge in [0.25, 0.3) is 5.91 Å². The van der Waals surface area contributed by atoms with Gasteiger partial charge >= 0.3 is 5.97 Å². The number of amides is 1. The van der Waals surface area contributed by atoms with E-state index in [0.29, 0.717) is 11.4 Å². The number of nitrogens with zero attached hydrogens (tertiary/aromatic N) is 1. The number of benzene rings is 1. The Kier molecular flexibility index (Phi) is 7.31. The molecule has 0 bridgehead atoms. The van der Waals surface area contributed by atoms with Gasteiger partial charge < -0.3 is 14.6 Å². The average molecular weight is 393 g/mol. The van der Waals surface area contributed by atoms with E-state index in [1.54, 1.807) is 0 Å². The number of unbranched alkanes of at least 4 members (excludes halogenated alkanes) is 2. The zero-order valence-corrected chi connectivity index (χ0v) is 17.3. The van der Waals surface area contributed by atoms with Crippen molar-refractivity contribution in [3.05, 3.63) is 36.0 Å². The highest BCUT2D eigenvalue weighted by Crippen LogP contribution is 2.24. The summed E-state index contributed by atoms with van der Waals surface area (Å²) in [5, 5.41) is 3.74. The number of esters is 1. The van der Waals surface area contributed by atoms with Gasteiger partial charge in [0, 0.05) is 29.5 Å². The lowest BCUT2D eigenvalue weighted by molar-refractivity contribution is -0.145. The van der Waals surface area contributed by atoms with Crippen LogP contribution in [0.2, 0.25) is 0 Å². The van der Waals surface area contributed by atoms with Crippen LogP contribution in [0.15, 0.2) is 30.5 Å². The van der Waals surface area contributed by atoms with Crippen molar-refractivity contribution in [2.24, 2.45) is 5.41 Å². The molecule has 1 amide bonds. The minimum atomic E-state index is -0.721. The van der Waals surface area contributed by atoms with Gasteiger partial charge in [-0.3, -0.25) is 4.79 Å². The number of hydrogen-bond donors (Lipinski definition) is 1. The number of para-hydroxylation sites is 1. The molecular weight excluding hydrogens is 364 g/mol. The monoisotopic (exact) mass is 392 g/mol. The fraction of sp³-hybridized carbons (Fsp3) is 0.524. The summed E-state index contributed by atoms with van der Waals surface area (Å²) >= 11 is 5.75. The van der Waals surface area contributed by atoms with Gasteiger partial charge in [0.05, 0.1) is 12.7 Å². The van der Waals surface area contributed by atoms with E-state index in [1.807, 2.05) is 51.2 Å². The van der Waals surface area contributed by atoms with Crippen molar-refractivity contribution in [2.75, 3.05) is 13.0 Å². The van der Waals surface area contributed by atoms with E-state index in [4.69, 9.17) is 16.3 Å². The minimum absolute atomic E-state index is 0.268. The molecule has 2 rings (SSSR count). The molecule has 1 N–H and O–H groups in total. The highest BCUT2D eigenvalue weighted by molar-refractivity contribution is 6.17. The molecule has 1 aromatic heterocycles. The molecule has 0 aliphatic heterocycles. The number of alkyl halides is 1. The Labute approximate surface area is 166 Å². The van der Waals surface area contributed by atoms with Crippen molar-refractivity contribution in [3.63, 3.8) is 0 Å². The van der Waals surface area contributed by atoms with Gasteiger partial charge in [-0.1, -0.05) is 45.4 Å². The van der Waals surface area contributed by atoms with Crippen LogP contribution in [0, 0.1) is 5.41 Å². The summed E-state index contributed by atoms with van der Waals surface area (Å²) in [5.74, 6) is -0.0429. The summed E-state index contributed by atoms with van der Waals surface area (Å²) in [6, 6.07) is 7.10. The van der Waals surface area contributed by atoms with Crippen molar-refractivity contribution < 1.29 is 14.3 Å². The van der Waals surface area contributed by atoms with Crippen LogP contribution >= 0.6 is 11.6 Å². The standard InChI is InChI=1S/C21H29ClN2O3/c1-21(2,3)18(20(26)27-4)23-19(25)16-14-24(13-9-5-8-12-22)17-11-7-6-10-15(16)17/h6-7,10-11,14,18H,5,8-9,12-13H2,1-4H3,(H,23,25). The first-order valence-corrected chi connectivity index (χ1v) is 9.85. The second kappa shape index (κ2) is 9.27. The molecule has 0 saturated carbocycles. The number of carbonyl (C=O) groups is 2. The molecule has 0 fully saturated rings. The lowest BCUT2D eigenvalue weighted by Crippen LogP contribution is -2.49. The fourth-order valence-electron chi connectivity index (χ4n) is 3.12. The molecule has 0 aliphatic carbocycles. The molecule has 5 nitrogen and oxygen atoms in total. The molecule has 27 heavy (non-hydrogen) atoms. The van der Waals surface area contributed by atoms with Crippen LogP contribution in [-0.4, -0.2) is 35.5 Å². The molecule has 1 aromatic carbocycles. The van der Waals surface area contributed by atoms with Gasteiger partial charge in [0.1, 0.15) is 6.04 Å². The largest absolute Gasteiger partial charge is 0.467 e. The number of halogens is 1. The van der Waals surface area contributed by atoms with Crippen LogP contribution in [0.4, 0.5) is 0 Å². The zero-order valence-electron chi connectivity index (χ0n) is 16.5. The van der Waals surface area contributed by atoms with Crippen molar-refractivity contribution >= 4 is 34.4 Å². The molecule has 148 valence electrons. The van der Waals surface area contributed by atoms with Gasteiger partial charge in [-0.05, 0) is 24.3 Å². The molecule has 1 atom stereocenters. The Bertz CT molecular complexity index is 792. The lowest BCUT2D eigenvalue weighted by atomic mass is 9.86. The number of nitrogens with one attached hydrogen (secondary N) is 1. The number of methoxy groups -OCH3 is 1. The summed E-state index contributed by atoms with van der Waals surface area (Å²) in [5.41, 5.74) is 1.13. The van der Waals surface area contributed by atoms with E-state index in [0.717, 1.165) is 36.7 Å². The van der Waals surface area contributed by atoms with Crippen molar-refractivity contribution in [3.8, 4) is 0 Å². The third-order valence-electron chi connectivity index (χ3n) is 4.64. The quantitative estimate of drug-likeness (QED) is 0.412. The predicted molar refractivity (Wildman–Crippen MR) is 109 cm³/mol. The summed E-state index contributed by atoms with van der Waals surface area (Å²) in [7, 11) is 1.33. The SMILES string of the molecule is COC(=O)C(NC(=O)c1cn(CCCCCCl)c2ccccc12)C(C)(C)C. The van der Waals surface area contributed by atoms with Crippen molar-refractivity contribution in [1.29, 1.82) is 0 Å². The number of ether oxygens (including phenoxy) is 1. The second-order valence-electron chi connectivity index (χ2n) is 7.80. The first-order chi connectivity index (χ1) is 12.8. The van der Waals surface area contributed by atoms with Crippen LogP contribution < -0.4 is 5.32 Å². The minimum Gasteiger partial charge on any atom is -0.467 e. The third-order valence-corrected chi connectivity index (χ3v) is 4.91. The number of carbonyl (C=O) groups excluding carboxylic acids is 2. The van der Waals surface area contributed by atoms with Gasteiger partial charge in [-0.2, -0.15) is 0 Å². The average Bonchev–Trinajstić information content (AvgIpc) is 3.00. The van der Waals surface area contributed by atoms with Gasteiger partial charge in [0.15, 0.2) is 0 Å². The zero-order chi connectivity index (χ0) is 20.0. The number of aryl methyl sites for hydroxylation is 1. The van der Waals surface area contributed by atoms with E-state index in [2.05, 4.69) is 9.88 Å². The number of hydrogen-bond acceptors (Lipinski definition) is 3. The summed E-state index contributed by atoms with van der Waals surface area (Å²) in [4.78, 5) is 25.1. The summed E-state index contributed by atoms with van der Waals surface area (Å²) < 4.78 is 6.97. The lowest BCUT2D eigenvalue weighted by Gasteiger charge is -2.28. The molecule has 0 saturated heterocycles. The summed E-state index contributed by atoms with van der Waals surface area (Å²) in [6.07, 6.45) is 4.91. The molecule has 0 spiro atoms. The van der Waals surface area contributed by atoms with Gasteiger partial charge in [-0.15, -0.1) is 11.6 Å². The van der Waals surface area contributed by atoms with E-state index < -0.39 is 17.4 Å². The number of fused-ring (bicyclic) bond motifs is 1. The van der Waals surface area contributed by atoms with Crippen LogP contribution in [-0.2, 0) is 16.1 Å². The second-order valence-corrected chi connectivity index (χ2v) is 8.18. The normalized spacial score (nSPS) is 12.8. The molecular formula is C21H29ClN2O3. The van der Waals surface area contributed by atoms with Crippen LogP contribution in [0.5, 0.6) is 0 Å². The fourth-order valence-corrected chi connectivity index (χ4v) is 3.31. The Morgan fingerprint density at radius 3 is 2.52 bits per heavy atom. The third kappa shape index (κ3) is 5.25. The number of aromatic nitrogens is 1. The van der Waals surface area contributed by atoms with E-state index in [1.165, 1.54) is 7.11 Å². The van der Waals surface area contributed by atoms with Gasteiger partial charge in [0.2, 0.25) is 0 Å². The topological polar surface area (TPSA) is 60.3 Å². The van der Waals surface area contributed by atoms with Crippen LogP contribution in [0.25, 0.3) is 10.9 Å². The maximum absolute atomic E-state index is 13.0. The maximum atomic E-state index is 13.0. The first kappa shape index (κ1) is 21.3. The highest BCUT2D eigenvalue weighted by atomic mass is 35.5. The van der Waals surface area contributed by atoms with Crippen LogP contribution in [0.1, 0.15) is 50.4 Å². The summed E-state index contributed by atoms with van der Waals surface area (Å²) in [6.45, 7) is 6.52. The smallest absolute Gasteiger partial charge is 0.328 e. The molecule has 1 heterocycles. The maximum Gasteiger partial charge on any atom is 0.328 e. The van der Waals surface area contributed by atoms with E-state index in [-0.39, 0.29) is 5.91 Å². The van der Waals surface area contributed by atoms with Gasteiger partial charge in [-0.25, -0.2) is 4.79 Å². The first-order valence-electron chi connectivity index (χ1n) is 9.32. The Balaban J connectivity index is 2.28.